The first-order chi connectivity index (χ1) is 5.25. The fourth-order valence-electron chi connectivity index (χ4n) is 0.747. The smallest absolute Gasteiger partial charge is 0.145 e. The summed E-state index contributed by atoms with van der Waals surface area (Å²) in [6.45, 7) is 0.454. The molecule has 0 saturated heterocycles. The fourth-order valence-corrected chi connectivity index (χ4v) is 1.81. The molecule has 1 atom stereocenters. The molecule has 0 amide bonds. The van der Waals surface area contributed by atoms with E-state index in [0.29, 0.717) is 23.0 Å². The molecule has 62 valence electrons. The third kappa shape index (κ3) is 2.13. The molecule has 0 spiro atoms. The number of nitrogens with zero attached hydrogens (tertiary/aromatic N) is 1. The lowest BCUT2D eigenvalue weighted by molar-refractivity contribution is 0.174. The third-order valence-electron chi connectivity index (χ3n) is 1.29. The maximum absolute atomic E-state index is 9.40. The van der Waals surface area contributed by atoms with E-state index in [1.54, 1.807) is 5.51 Å². The number of rotatable bonds is 3. The van der Waals surface area contributed by atoms with Gasteiger partial charge in [-0.05, 0) is 13.0 Å². The SMILES string of the molecule is NCCC(O)c1scnc1Cl. The highest BCUT2D eigenvalue weighted by Crippen LogP contribution is 2.27. The summed E-state index contributed by atoms with van der Waals surface area (Å²) in [4.78, 5) is 4.51. The highest BCUT2D eigenvalue weighted by atomic mass is 35.5. The van der Waals surface area contributed by atoms with Crippen molar-refractivity contribution in [1.29, 1.82) is 0 Å². The number of nitrogens with two attached hydrogens (primary N) is 1. The average molecular weight is 193 g/mol. The molecule has 0 fully saturated rings. The predicted molar refractivity (Wildman–Crippen MR) is 45.8 cm³/mol. The zero-order valence-corrected chi connectivity index (χ0v) is 7.40. The van der Waals surface area contributed by atoms with Gasteiger partial charge in [0.05, 0.1) is 16.5 Å². The second-order valence-corrected chi connectivity index (χ2v) is 3.34. The van der Waals surface area contributed by atoms with Gasteiger partial charge in [-0.15, -0.1) is 11.3 Å². The summed E-state index contributed by atoms with van der Waals surface area (Å²) in [6, 6.07) is 0. The molecule has 0 saturated carbocycles. The minimum Gasteiger partial charge on any atom is -0.387 e. The van der Waals surface area contributed by atoms with Gasteiger partial charge in [0.25, 0.3) is 0 Å². The molecule has 11 heavy (non-hydrogen) atoms. The van der Waals surface area contributed by atoms with Gasteiger partial charge in [0.15, 0.2) is 0 Å². The van der Waals surface area contributed by atoms with Gasteiger partial charge in [0.1, 0.15) is 5.15 Å². The summed E-state index contributed by atoms with van der Waals surface area (Å²) in [6.07, 6.45) is -0.0259. The molecule has 1 aromatic heterocycles. The molecule has 3 N–H and O–H groups in total. The van der Waals surface area contributed by atoms with Crippen LogP contribution in [0.3, 0.4) is 0 Å². The van der Waals surface area contributed by atoms with Crippen molar-refractivity contribution in [3.63, 3.8) is 0 Å². The summed E-state index contributed by atoms with van der Waals surface area (Å²) < 4.78 is 0. The standard InChI is InChI=1S/C6H9ClN2OS/c7-6-5(11-3-9-6)4(10)1-2-8/h3-4,10H,1-2,8H2. The van der Waals surface area contributed by atoms with Crippen molar-refractivity contribution in [2.24, 2.45) is 5.73 Å². The number of aliphatic hydroxyl groups is 1. The highest BCUT2D eigenvalue weighted by Gasteiger charge is 2.12. The Morgan fingerprint density at radius 2 is 2.55 bits per heavy atom. The van der Waals surface area contributed by atoms with Crippen molar-refractivity contribution in [1.82, 2.24) is 4.98 Å². The monoisotopic (exact) mass is 192 g/mol. The van der Waals surface area contributed by atoms with Crippen molar-refractivity contribution in [3.05, 3.63) is 15.5 Å². The average Bonchev–Trinajstić information content (AvgIpc) is 2.36. The quantitative estimate of drug-likeness (QED) is 0.756. The molecule has 0 radical (unpaired) electrons. The Bertz CT molecular complexity index is 228. The molecule has 1 unspecified atom stereocenters. The molecule has 0 aliphatic carbocycles. The number of aliphatic hydroxyl groups excluding tert-OH is 1. The minimum absolute atomic E-state index is 0.385. The molecule has 1 heterocycles. The van der Waals surface area contributed by atoms with E-state index >= 15 is 0 Å². The number of hydrogen-bond donors (Lipinski definition) is 2. The summed E-state index contributed by atoms with van der Waals surface area (Å²) >= 11 is 7.02. The zero-order valence-electron chi connectivity index (χ0n) is 5.83. The van der Waals surface area contributed by atoms with Crippen LogP contribution < -0.4 is 5.73 Å². The lowest BCUT2D eigenvalue weighted by Gasteiger charge is -2.05. The zero-order chi connectivity index (χ0) is 8.27. The van der Waals surface area contributed by atoms with E-state index < -0.39 is 6.10 Å². The summed E-state index contributed by atoms with van der Waals surface area (Å²) in [5.41, 5.74) is 6.88. The summed E-state index contributed by atoms with van der Waals surface area (Å²) in [5, 5.41) is 9.78. The van der Waals surface area contributed by atoms with Crippen molar-refractivity contribution in [2.45, 2.75) is 12.5 Å². The van der Waals surface area contributed by atoms with Crippen LogP contribution in [0, 0.1) is 0 Å². The minimum atomic E-state index is -0.556. The van der Waals surface area contributed by atoms with E-state index in [2.05, 4.69) is 4.98 Å². The molecule has 1 rings (SSSR count). The Labute approximate surface area is 73.8 Å². The number of thiazole rings is 1. The number of halogens is 1. The van der Waals surface area contributed by atoms with E-state index in [4.69, 9.17) is 17.3 Å². The topological polar surface area (TPSA) is 59.1 Å². The van der Waals surface area contributed by atoms with E-state index in [1.165, 1.54) is 11.3 Å². The molecular formula is C6H9ClN2OS. The first-order valence-electron chi connectivity index (χ1n) is 3.22. The van der Waals surface area contributed by atoms with Crippen LogP contribution in [0.1, 0.15) is 17.4 Å². The van der Waals surface area contributed by atoms with Crippen molar-refractivity contribution >= 4 is 22.9 Å². The molecule has 5 heteroatoms. The normalized spacial score (nSPS) is 13.4. The van der Waals surface area contributed by atoms with E-state index in [-0.39, 0.29) is 0 Å². The van der Waals surface area contributed by atoms with E-state index in [0.717, 1.165) is 0 Å². The molecule has 0 aliphatic heterocycles. The Morgan fingerprint density at radius 1 is 1.82 bits per heavy atom. The Hall–Kier alpha value is -0.160. The van der Waals surface area contributed by atoms with E-state index in [1.807, 2.05) is 0 Å². The van der Waals surface area contributed by atoms with Crippen LogP contribution in [0.2, 0.25) is 5.15 Å². The lowest BCUT2D eigenvalue weighted by Crippen LogP contribution is -2.05. The molecule has 0 aliphatic rings. The number of aromatic nitrogens is 1. The molecular weight excluding hydrogens is 184 g/mol. The first kappa shape index (κ1) is 8.93. The lowest BCUT2D eigenvalue weighted by atomic mass is 10.2. The Balaban J connectivity index is 2.67. The van der Waals surface area contributed by atoms with Crippen LogP contribution in [0.15, 0.2) is 5.51 Å². The Kier molecular flexibility index (Phi) is 3.26. The predicted octanol–water partition coefficient (Wildman–Crippen LogP) is 1.18. The summed E-state index contributed by atoms with van der Waals surface area (Å²) in [5.74, 6) is 0. The second kappa shape index (κ2) is 4.01. The summed E-state index contributed by atoms with van der Waals surface area (Å²) in [7, 11) is 0. The molecule has 0 bridgehead atoms. The highest BCUT2D eigenvalue weighted by molar-refractivity contribution is 7.10. The van der Waals surface area contributed by atoms with Crippen LogP contribution in [0.5, 0.6) is 0 Å². The largest absolute Gasteiger partial charge is 0.387 e. The van der Waals surface area contributed by atoms with E-state index in [9.17, 15) is 5.11 Å². The molecule has 3 nitrogen and oxygen atoms in total. The first-order valence-corrected chi connectivity index (χ1v) is 4.48. The van der Waals surface area contributed by atoms with Gasteiger partial charge in [-0.25, -0.2) is 4.98 Å². The van der Waals surface area contributed by atoms with Crippen LogP contribution >= 0.6 is 22.9 Å². The van der Waals surface area contributed by atoms with Gasteiger partial charge in [-0.3, -0.25) is 0 Å². The van der Waals surface area contributed by atoms with Crippen molar-refractivity contribution in [2.75, 3.05) is 6.54 Å². The molecule has 1 aromatic rings. The fraction of sp³-hybridized carbons (Fsp3) is 0.500. The van der Waals surface area contributed by atoms with Crippen molar-refractivity contribution in [3.8, 4) is 0 Å². The third-order valence-corrected chi connectivity index (χ3v) is 2.64. The van der Waals surface area contributed by atoms with Crippen LogP contribution in [-0.2, 0) is 0 Å². The van der Waals surface area contributed by atoms with Crippen molar-refractivity contribution < 1.29 is 5.11 Å². The number of hydrogen-bond acceptors (Lipinski definition) is 4. The maximum atomic E-state index is 9.40. The van der Waals surface area contributed by atoms with Crippen LogP contribution in [0.25, 0.3) is 0 Å². The van der Waals surface area contributed by atoms with Crippen LogP contribution in [-0.4, -0.2) is 16.6 Å². The van der Waals surface area contributed by atoms with Gasteiger partial charge in [0, 0.05) is 0 Å². The van der Waals surface area contributed by atoms with Gasteiger partial charge in [0.2, 0.25) is 0 Å². The van der Waals surface area contributed by atoms with Gasteiger partial charge in [-0.1, -0.05) is 11.6 Å². The van der Waals surface area contributed by atoms with Crippen LogP contribution in [0.4, 0.5) is 0 Å². The van der Waals surface area contributed by atoms with Gasteiger partial charge in [-0.2, -0.15) is 0 Å². The molecule has 0 aromatic carbocycles. The second-order valence-electron chi connectivity index (χ2n) is 2.10. The van der Waals surface area contributed by atoms with Gasteiger partial charge >= 0.3 is 0 Å². The van der Waals surface area contributed by atoms with Gasteiger partial charge < -0.3 is 10.8 Å². The Morgan fingerprint density at radius 3 is 3.00 bits per heavy atom. The maximum Gasteiger partial charge on any atom is 0.145 e.